The molecule has 8 heteroatoms. The summed E-state index contributed by atoms with van der Waals surface area (Å²) in [6.07, 6.45) is -0.997. The van der Waals surface area contributed by atoms with Crippen LogP contribution in [0.4, 0.5) is 5.13 Å². The number of hydrogen-bond acceptors (Lipinski definition) is 7. The molecule has 0 fully saturated rings. The van der Waals surface area contributed by atoms with Crippen molar-refractivity contribution in [1.29, 1.82) is 0 Å². The number of benzene rings is 2. The Morgan fingerprint density at radius 1 is 1.10 bits per heavy atom. The third-order valence-corrected chi connectivity index (χ3v) is 5.05. The molecule has 29 heavy (non-hydrogen) atoms. The highest BCUT2D eigenvalue weighted by Crippen LogP contribution is 2.27. The molecule has 0 aliphatic heterocycles. The van der Waals surface area contributed by atoms with Gasteiger partial charge < -0.3 is 9.15 Å². The molecule has 1 N–H and O–H groups in total. The molecular weight excluding hydrogens is 390 g/mol. The van der Waals surface area contributed by atoms with E-state index >= 15 is 0 Å². The van der Waals surface area contributed by atoms with Gasteiger partial charge in [0.05, 0.1) is 16.8 Å². The molecule has 1 atom stereocenters. The molecular formula is C21H17N3O4S. The van der Waals surface area contributed by atoms with Gasteiger partial charge in [-0.25, -0.2) is 14.8 Å². The Morgan fingerprint density at radius 3 is 2.62 bits per heavy atom. The number of ether oxygens (including phenoxy) is 1. The number of rotatable bonds is 5. The number of oxazole rings is 1. The predicted molar refractivity (Wildman–Crippen MR) is 110 cm³/mol. The van der Waals surface area contributed by atoms with Gasteiger partial charge in [0, 0.05) is 5.38 Å². The molecule has 2 heterocycles. The van der Waals surface area contributed by atoms with E-state index in [4.69, 9.17) is 9.15 Å². The van der Waals surface area contributed by atoms with Crippen molar-refractivity contribution in [1.82, 2.24) is 9.97 Å². The fourth-order valence-electron chi connectivity index (χ4n) is 2.73. The molecule has 0 radical (unpaired) electrons. The fourth-order valence-corrected chi connectivity index (χ4v) is 3.42. The monoisotopic (exact) mass is 407 g/mol. The number of thiazole rings is 1. The van der Waals surface area contributed by atoms with Gasteiger partial charge >= 0.3 is 5.97 Å². The molecule has 1 amide bonds. The smallest absolute Gasteiger partial charge is 0.339 e. The van der Waals surface area contributed by atoms with Crippen LogP contribution in [0, 0.1) is 6.92 Å². The van der Waals surface area contributed by atoms with E-state index in [9.17, 15) is 9.59 Å². The van der Waals surface area contributed by atoms with Crippen molar-refractivity contribution in [3.05, 3.63) is 65.2 Å². The Balaban J connectivity index is 1.53. The summed E-state index contributed by atoms with van der Waals surface area (Å²) in [7, 11) is 0. The van der Waals surface area contributed by atoms with E-state index in [1.165, 1.54) is 18.3 Å². The van der Waals surface area contributed by atoms with Crippen LogP contribution in [0.15, 0.2) is 58.3 Å². The lowest BCUT2D eigenvalue weighted by Gasteiger charge is -2.13. The van der Waals surface area contributed by atoms with E-state index in [1.54, 1.807) is 30.3 Å². The number of hydrogen-bond donors (Lipinski definition) is 1. The minimum absolute atomic E-state index is 0.267. The highest BCUT2D eigenvalue weighted by Gasteiger charge is 2.23. The maximum Gasteiger partial charge on any atom is 0.339 e. The number of aryl methyl sites for hydroxylation is 1. The number of carbonyl (C=O) groups is 2. The first-order valence-corrected chi connectivity index (χ1v) is 9.78. The maximum atomic E-state index is 12.7. The molecule has 146 valence electrons. The first-order chi connectivity index (χ1) is 14.0. The summed E-state index contributed by atoms with van der Waals surface area (Å²) in [6, 6.07) is 14.2. The third-order valence-electron chi connectivity index (χ3n) is 4.17. The molecule has 4 rings (SSSR count). The first-order valence-electron chi connectivity index (χ1n) is 8.90. The van der Waals surface area contributed by atoms with E-state index in [-0.39, 0.29) is 5.56 Å². The highest BCUT2D eigenvalue weighted by atomic mass is 32.1. The molecule has 0 spiro atoms. The van der Waals surface area contributed by atoms with E-state index in [1.807, 2.05) is 30.5 Å². The van der Waals surface area contributed by atoms with Crippen LogP contribution >= 0.6 is 11.3 Å². The van der Waals surface area contributed by atoms with Crippen LogP contribution in [0.3, 0.4) is 0 Å². The Hall–Kier alpha value is -3.52. The van der Waals surface area contributed by atoms with Gasteiger partial charge in [0.25, 0.3) is 5.91 Å². The van der Waals surface area contributed by atoms with E-state index in [2.05, 4.69) is 15.3 Å². The fraction of sp³-hybridized carbons (Fsp3) is 0.143. The molecule has 4 aromatic rings. The van der Waals surface area contributed by atoms with Crippen molar-refractivity contribution in [2.75, 3.05) is 5.32 Å². The van der Waals surface area contributed by atoms with E-state index < -0.39 is 18.0 Å². The molecule has 2 aromatic carbocycles. The Labute approximate surface area is 170 Å². The standard InChI is InChI=1S/C21H17N3O4S/c1-12-11-29-21(22-12)24-18(25)13(2)27-20(26)15-8-4-3-7-14(15)19-23-16-9-5-6-10-17(16)28-19/h3-11,13H,1-2H3,(H,22,24,25). The minimum atomic E-state index is -0.997. The number of fused-ring (bicyclic) bond motifs is 1. The zero-order valence-corrected chi connectivity index (χ0v) is 16.5. The molecule has 0 aliphatic carbocycles. The molecule has 0 saturated carbocycles. The van der Waals surface area contributed by atoms with Crippen molar-refractivity contribution in [2.24, 2.45) is 0 Å². The van der Waals surface area contributed by atoms with Crippen LogP contribution in [-0.2, 0) is 9.53 Å². The summed E-state index contributed by atoms with van der Waals surface area (Å²) in [5, 5.41) is 4.93. The lowest BCUT2D eigenvalue weighted by molar-refractivity contribution is -0.123. The van der Waals surface area contributed by atoms with Crippen molar-refractivity contribution in [3.8, 4) is 11.5 Å². The Kier molecular flexibility index (Phi) is 5.09. The summed E-state index contributed by atoms with van der Waals surface area (Å²) in [5.74, 6) is -0.776. The summed E-state index contributed by atoms with van der Waals surface area (Å²) in [6.45, 7) is 3.34. The highest BCUT2D eigenvalue weighted by molar-refractivity contribution is 7.13. The largest absolute Gasteiger partial charge is 0.449 e. The van der Waals surface area contributed by atoms with Crippen molar-refractivity contribution < 1.29 is 18.7 Å². The maximum absolute atomic E-state index is 12.7. The normalized spacial score (nSPS) is 11.9. The molecule has 0 aliphatic rings. The van der Waals surface area contributed by atoms with Gasteiger partial charge in [-0.15, -0.1) is 11.3 Å². The molecule has 1 unspecified atom stereocenters. The average molecular weight is 407 g/mol. The van der Waals surface area contributed by atoms with Crippen LogP contribution in [0.1, 0.15) is 23.0 Å². The van der Waals surface area contributed by atoms with Gasteiger partial charge in [0.2, 0.25) is 5.89 Å². The predicted octanol–water partition coefficient (Wildman–Crippen LogP) is 4.44. The van der Waals surface area contributed by atoms with Crippen LogP contribution < -0.4 is 5.32 Å². The first kappa shape index (κ1) is 18.8. The Bertz CT molecular complexity index is 1160. The van der Waals surface area contributed by atoms with E-state index in [0.717, 1.165) is 5.69 Å². The number of carbonyl (C=O) groups excluding carboxylic acids is 2. The topological polar surface area (TPSA) is 94.3 Å². The van der Waals surface area contributed by atoms with Gasteiger partial charge in [-0.05, 0) is 38.1 Å². The molecule has 7 nitrogen and oxygen atoms in total. The van der Waals surface area contributed by atoms with Gasteiger partial charge in [-0.2, -0.15) is 0 Å². The van der Waals surface area contributed by atoms with Crippen LogP contribution in [0.2, 0.25) is 0 Å². The number of para-hydroxylation sites is 2. The number of amides is 1. The summed E-state index contributed by atoms with van der Waals surface area (Å²) in [4.78, 5) is 33.7. The second-order valence-electron chi connectivity index (χ2n) is 6.36. The molecule has 0 saturated heterocycles. The molecule has 0 bridgehead atoms. The minimum Gasteiger partial charge on any atom is -0.449 e. The van der Waals surface area contributed by atoms with Gasteiger partial charge in [-0.3, -0.25) is 10.1 Å². The van der Waals surface area contributed by atoms with Crippen molar-refractivity contribution in [2.45, 2.75) is 20.0 Å². The summed E-state index contributed by atoms with van der Waals surface area (Å²) < 4.78 is 11.1. The second kappa shape index (κ2) is 7.84. The van der Waals surface area contributed by atoms with Crippen LogP contribution in [-0.4, -0.2) is 27.9 Å². The van der Waals surface area contributed by atoms with Crippen LogP contribution in [0.25, 0.3) is 22.6 Å². The van der Waals surface area contributed by atoms with Gasteiger partial charge in [-0.1, -0.05) is 24.3 Å². The van der Waals surface area contributed by atoms with Crippen molar-refractivity contribution >= 4 is 39.4 Å². The lowest BCUT2D eigenvalue weighted by Crippen LogP contribution is -2.30. The number of aromatic nitrogens is 2. The third kappa shape index (κ3) is 4.02. The van der Waals surface area contributed by atoms with E-state index in [0.29, 0.717) is 27.7 Å². The number of nitrogens with zero attached hydrogens (tertiary/aromatic N) is 2. The average Bonchev–Trinajstić information content (AvgIpc) is 3.33. The number of anilines is 1. The Morgan fingerprint density at radius 2 is 1.86 bits per heavy atom. The number of nitrogens with one attached hydrogen (secondary N) is 1. The van der Waals surface area contributed by atoms with Gasteiger partial charge in [0.1, 0.15) is 5.52 Å². The quantitative estimate of drug-likeness (QED) is 0.492. The zero-order chi connectivity index (χ0) is 20.4. The second-order valence-corrected chi connectivity index (χ2v) is 7.22. The van der Waals surface area contributed by atoms with Gasteiger partial charge in [0.15, 0.2) is 16.8 Å². The van der Waals surface area contributed by atoms with Crippen LogP contribution in [0.5, 0.6) is 0 Å². The lowest BCUT2D eigenvalue weighted by atomic mass is 10.1. The summed E-state index contributed by atoms with van der Waals surface area (Å²) >= 11 is 1.31. The number of esters is 1. The zero-order valence-electron chi connectivity index (χ0n) is 15.7. The van der Waals surface area contributed by atoms with Crippen molar-refractivity contribution in [3.63, 3.8) is 0 Å². The molecule has 2 aromatic heterocycles. The summed E-state index contributed by atoms with van der Waals surface area (Å²) in [5.41, 5.74) is 2.89. The SMILES string of the molecule is Cc1csc(NC(=O)C(C)OC(=O)c2ccccc2-c2nc3ccccc3o2)n1.